The van der Waals surface area contributed by atoms with E-state index in [1.54, 1.807) is 13.1 Å². The number of nitrogens with one attached hydrogen (secondary N) is 2. The number of phenols is 1. The van der Waals surface area contributed by atoms with Gasteiger partial charge in [0.25, 0.3) is 0 Å². The summed E-state index contributed by atoms with van der Waals surface area (Å²) in [6, 6.07) is 4.81. The second-order valence-corrected chi connectivity index (χ2v) is 6.88. The molecule has 0 aliphatic carbocycles. The molecule has 1 atom stereocenters. The normalized spacial score (nSPS) is 17.1. The van der Waals surface area contributed by atoms with E-state index in [9.17, 15) is 9.50 Å². The molecule has 2 rings (SSSR count). The first kappa shape index (κ1) is 21.4. The zero-order valence-corrected chi connectivity index (χ0v) is 16.7. The first-order valence-corrected chi connectivity index (χ1v) is 9.82. The number of halogens is 1. The highest BCUT2D eigenvalue weighted by atomic mass is 19.1. The zero-order valence-electron chi connectivity index (χ0n) is 16.7. The largest absolute Gasteiger partial charge is 0.505 e. The first-order chi connectivity index (χ1) is 13.1. The Morgan fingerprint density at radius 3 is 2.56 bits per heavy atom. The third kappa shape index (κ3) is 6.36. The van der Waals surface area contributed by atoms with Crippen molar-refractivity contribution in [1.82, 2.24) is 15.5 Å². The fourth-order valence-corrected chi connectivity index (χ4v) is 3.60. The average molecular weight is 381 g/mol. The molecule has 27 heavy (non-hydrogen) atoms. The molecule has 1 aliphatic rings. The van der Waals surface area contributed by atoms with Crippen molar-refractivity contribution in [2.75, 3.05) is 39.9 Å². The third-order valence-corrected chi connectivity index (χ3v) is 5.28. The Bertz CT molecular complexity index is 602. The van der Waals surface area contributed by atoms with Crippen LogP contribution in [0.5, 0.6) is 5.75 Å². The van der Waals surface area contributed by atoms with Crippen LogP contribution in [-0.4, -0.2) is 61.9 Å². The van der Waals surface area contributed by atoms with E-state index in [0.717, 1.165) is 51.3 Å². The molecule has 1 aromatic rings. The van der Waals surface area contributed by atoms with Crippen LogP contribution in [0.1, 0.15) is 32.3 Å². The SMILES string of the molecule is CCC(CC)C(CNC(=NC)NCc1ccc(O)c(F)c1)N1CCOCC1. The van der Waals surface area contributed by atoms with Crippen LogP contribution in [0.3, 0.4) is 0 Å². The molecule has 0 radical (unpaired) electrons. The Morgan fingerprint density at radius 2 is 1.96 bits per heavy atom. The standard InChI is InChI=1S/C20H33FN4O2/c1-4-16(5-2)18(25-8-10-27-11-9-25)14-24-20(22-3)23-13-15-6-7-19(26)17(21)12-15/h6-7,12,16,18,26H,4-5,8-11,13-14H2,1-3H3,(H2,22,23,24). The van der Waals surface area contributed by atoms with Gasteiger partial charge in [-0.3, -0.25) is 9.89 Å². The molecule has 1 aromatic carbocycles. The Kier molecular flexibility index (Phi) is 8.81. The number of rotatable bonds is 8. The lowest BCUT2D eigenvalue weighted by Crippen LogP contribution is -2.53. The lowest BCUT2D eigenvalue weighted by molar-refractivity contribution is 0.00272. The molecular weight excluding hydrogens is 347 g/mol. The van der Waals surface area contributed by atoms with Crippen LogP contribution < -0.4 is 10.6 Å². The van der Waals surface area contributed by atoms with Crippen LogP contribution in [0.25, 0.3) is 0 Å². The molecule has 1 aliphatic heterocycles. The number of hydrogen-bond donors (Lipinski definition) is 3. The molecule has 0 amide bonds. The highest BCUT2D eigenvalue weighted by Gasteiger charge is 2.26. The number of hydrogen-bond acceptors (Lipinski definition) is 4. The van der Waals surface area contributed by atoms with Crippen molar-refractivity contribution in [1.29, 1.82) is 0 Å². The van der Waals surface area contributed by atoms with Crippen molar-refractivity contribution in [2.45, 2.75) is 39.3 Å². The predicted molar refractivity (Wildman–Crippen MR) is 107 cm³/mol. The van der Waals surface area contributed by atoms with Crippen LogP contribution in [0, 0.1) is 11.7 Å². The monoisotopic (exact) mass is 380 g/mol. The van der Waals surface area contributed by atoms with E-state index in [-0.39, 0.29) is 5.75 Å². The van der Waals surface area contributed by atoms with Crippen molar-refractivity contribution < 1.29 is 14.2 Å². The highest BCUT2D eigenvalue weighted by molar-refractivity contribution is 5.79. The summed E-state index contributed by atoms with van der Waals surface area (Å²) in [7, 11) is 1.73. The van der Waals surface area contributed by atoms with Crippen molar-refractivity contribution in [3.05, 3.63) is 29.6 Å². The molecule has 6 nitrogen and oxygen atoms in total. The average Bonchev–Trinajstić information content (AvgIpc) is 2.70. The van der Waals surface area contributed by atoms with Gasteiger partial charge < -0.3 is 20.5 Å². The van der Waals surface area contributed by atoms with Crippen LogP contribution in [-0.2, 0) is 11.3 Å². The molecule has 1 fully saturated rings. The van der Waals surface area contributed by atoms with Gasteiger partial charge in [-0.2, -0.15) is 0 Å². The summed E-state index contributed by atoms with van der Waals surface area (Å²) in [6.07, 6.45) is 2.28. The number of aliphatic imine (C=N–C) groups is 1. The Hall–Kier alpha value is -1.86. The van der Waals surface area contributed by atoms with Crippen molar-refractivity contribution in [3.63, 3.8) is 0 Å². The lowest BCUT2D eigenvalue weighted by atomic mass is 9.92. The molecule has 1 unspecified atom stereocenters. The van der Waals surface area contributed by atoms with Gasteiger partial charge in [0.15, 0.2) is 17.5 Å². The molecule has 0 saturated carbocycles. The van der Waals surface area contributed by atoms with E-state index in [1.807, 2.05) is 0 Å². The van der Waals surface area contributed by atoms with Crippen LogP contribution >= 0.6 is 0 Å². The van der Waals surface area contributed by atoms with E-state index < -0.39 is 5.82 Å². The van der Waals surface area contributed by atoms with Gasteiger partial charge in [-0.1, -0.05) is 32.8 Å². The Morgan fingerprint density at radius 1 is 1.26 bits per heavy atom. The smallest absolute Gasteiger partial charge is 0.191 e. The summed E-state index contributed by atoms with van der Waals surface area (Å²) in [6.45, 7) is 9.22. The number of aromatic hydroxyl groups is 1. The maximum atomic E-state index is 13.5. The molecule has 0 aromatic heterocycles. The highest BCUT2D eigenvalue weighted by Crippen LogP contribution is 2.19. The number of ether oxygens (including phenoxy) is 1. The molecule has 3 N–H and O–H groups in total. The van der Waals surface area contributed by atoms with Gasteiger partial charge in [-0.05, 0) is 23.6 Å². The van der Waals surface area contributed by atoms with E-state index in [2.05, 4.69) is 34.4 Å². The summed E-state index contributed by atoms with van der Waals surface area (Å²) in [5.41, 5.74) is 0.748. The fourth-order valence-electron chi connectivity index (χ4n) is 3.60. The summed E-state index contributed by atoms with van der Waals surface area (Å²) in [4.78, 5) is 6.79. The molecule has 1 heterocycles. The summed E-state index contributed by atoms with van der Waals surface area (Å²) in [5, 5.41) is 15.9. The number of guanidine groups is 1. The zero-order chi connectivity index (χ0) is 19.6. The number of benzene rings is 1. The van der Waals surface area contributed by atoms with E-state index >= 15 is 0 Å². The topological polar surface area (TPSA) is 69.1 Å². The quantitative estimate of drug-likeness (QED) is 0.477. The van der Waals surface area contributed by atoms with Crippen LogP contribution in [0.15, 0.2) is 23.2 Å². The predicted octanol–water partition coefficient (Wildman–Crippen LogP) is 2.33. The van der Waals surface area contributed by atoms with Crippen molar-refractivity contribution in [2.24, 2.45) is 10.9 Å². The number of nitrogens with zero attached hydrogens (tertiary/aromatic N) is 2. The minimum absolute atomic E-state index is 0.334. The van der Waals surface area contributed by atoms with Crippen LogP contribution in [0.4, 0.5) is 4.39 Å². The third-order valence-electron chi connectivity index (χ3n) is 5.28. The van der Waals surface area contributed by atoms with Gasteiger partial charge >= 0.3 is 0 Å². The number of phenolic OH excluding ortho intramolecular Hbond substituents is 1. The maximum Gasteiger partial charge on any atom is 0.191 e. The lowest BCUT2D eigenvalue weighted by Gasteiger charge is -2.39. The molecule has 0 bridgehead atoms. The van der Waals surface area contributed by atoms with Gasteiger partial charge in [-0.25, -0.2) is 4.39 Å². The second-order valence-electron chi connectivity index (χ2n) is 6.88. The summed E-state index contributed by atoms with van der Waals surface area (Å²) < 4.78 is 19.0. The van der Waals surface area contributed by atoms with Gasteiger partial charge in [0.05, 0.1) is 13.2 Å². The Balaban J connectivity index is 1.93. The van der Waals surface area contributed by atoms with Crippen molar-refractivity contribution >= 4 is 5.96 Å². The molecule has 1 saturated heterocycles. The van der Waals surface area contributed by atoms with Gasteiger partial charge in [0.2, 0.25) is 0 Å². The molecule has 152 valence electrons. The summed E-state index contributed by atoms with van der Waals surface area (Å²) >= 11 is 0. The van der Waals surface area contributed by atoms with Gasteiger partial charge in [0.1, 0.15) is 0 Å². The second kappa shape index (κ2) is 11.1. The molecule has 7 heteroatoms. The van der Waals surface area contributed by atoms with Gasteiger partial charge in [-0.15, -0.1) is 0 Å². The molecular formula is C20H33FN4O2. The van der Waals surface area contributed by atoms with Gasteiger partial charge in [0, 0.05) is 39.3 Å². The minimum atomic E-state index is -0.613. The maximum absolute atomic E-state index is 13.5. The van der Waals surface area contributed by atoms with E-state index in [1.165, 1.54) is 12.1 Å². The number of morpholine rings is 1. The Labute approximate surface area is 161 Å². The van der Waals surface area contributed by atoms with Crippen molar-refractivity contribution in [3.8, 4) is 5.75 Å². The molecule has 0 spiro atoms. The fraction of sp³-hybridized carbons (Fsp3) is 0.650. The first-order valence-electron chi connectivity index (χ1n) is 9.82. The van der Waals surface area contributed by atoms with Crippen LogP contribution in [0.2, 0.25) is 0 Å². The van der Waals surface area contributed by atoms with E-state index in [0.29, 0.717) is 24.5 Å². The van der Waals surface area contributed by atoms with E-state index in [4.69, 9.17) is 4.74 Å². The minimum Gasteiger partial charge on any atom is -0.505 e. The summed E-state index contributed by atoms with van der Waals surface area (Å²) in [5.74, 6) is 0.353.